The van der Waals surface area contributed by atoms with Gasteiger partial charge in [0.15, 0.2) is 6.10 Å². The molecule has 2 rings (SSSR count). The third kappa shape index (κ3) is 7.39. The molecule has 4 atom stereocenters. The van der Waals surface area contributed by atoms with Gasteiger partial charge in [0.25, 0.3) is 5.91 Å². The van der Waals surface area contributed by atoms with Crippen molar-refractivity contribution in [2.24, 2.45) is 11.7 Å². The molecule has 0 saturated carbocycles. The molecule has 0 spiro atoms. The molecule has 1 aliphatic rings. The number of benzene rings is 1. The molecular weight excluding hydrogens is 468 g/mol. The van der Waals surface area contributed by atoms with E-state index in [2.05, 4.69) is 0 Å². The highest BCUT2D eigenvalue weighted by atomic mass is 35.5. The number of hydrogen-bond acceptors (Lipinski definition) is 6. The van der Waals surface area contributed by atoms with E-state index >= 15 is 0 Å². The van der Waals surface area contributed by atoms with Gasteiger partial charge in [0.1, 0.15) is 5.75 Å². The topological polar surface area (TPSA) is 144 Å². The van der Waals surface area contributed by atoms with Gasteiger partial charge < -0.3 is 31.1 Å². The van der Waals surface area contributed by atoms with Gasteiger partial charge in [0.2, 0.25) is 0 Å². The van der Waals surface area contributed by atoms with Crippen molar-refractivity contribution < 1.29 is 43.2 Å². The number of nitrogens with zero attached hydrogens (tertiary/aromatic N) is 1. The van der Waals surface area contributed by atoms with E-state index in [1.54, 1.807) is 11.0 Å². The van der Waals surface area contributed by atoms with E-state index in [4.69, 9.17) is 43.9 Å². The average Bonchev–Trinajstić information content (AvgIpc) is 2.68. The molecule has 13 heteroatoms. The van der Waals surface area contributed by atoms with Gasteiger partial charge in [-0.2, -0.15) is 13.2 Å². The number of aliphatic hydroxyl groups is 2. The highest BCUT2D eigenvalue weighted by Gasteiger charge is 2.38. The number of phenolic OH excluding ortho intramolecular Hbond substituents is 1. The van der Waals surface area contributed by atoms with E-state index in [1.807, 2.05) is 6.92 Å². The molecule has 1 heterocycles. The zero-order valence-corrected chi connectivity index (χ0v) is 17.8. The zero-order valence-electron chi connectivity index (χ0n) is 16.3. The van der Waals surface area contributed by atoms with Gasteiger partial charge in [-0.15, -0.1) is 0 Å². The molecule has 1 aromatic carbocycles. The summed E-state index contributed by atoms with van der Waals surface area (Å²) in [6.45, 7) is 1.70. The maximum atomic E-state index is 12.0. The van der Waals surface area contributed by atoms with Crippen LogP contribution in [0.5, 0.6) is 5.75 Å². The minimum absolute atomic E-state index is 0.00115. The second kappa shape index (κ2) is 11.2. The molecule has 0 aliphatic carbocycles. The van der Waals surface area contributed by atoms with Crippen LogP contribution in [0.4, 0.5) is 13.2 Å². The first-order chi connectivity index (χ1) is 14.2. The number of aromatic hydroxyl groups is 1. The number of aliphatic carboxylic acids is 1. The zero-order chi connectivity index (χ0) is 24.1. The number of rotatable bonds is 4. The smallest absolute Gasteiger partial charge is 0.490 e. The summed E-state index contributed by atoms with van der Waals surface area (Å²) < 4.78 is 31.7. The van der Waals surface area contributed by atoms with Crippen LogP contribution in [0, 0.1) is 5.92 Å². The summed E-state index contributed by atoms with van der Waals surface area (Å²) >= 11 is 11.9. The molecule has 1 fully saturated rings. The van der Waals surface area contributed by atoms with Crippen molar-refractivity contribution in [2.75, 3.05) is 13.2 Å². The van der Waals surface area contributed by atoms with E-state index < -0.39 is 36.8 Å². The van der Waals surface area contributed by atoms with Crippen molar-refractivity contribution in [1.29, 1.82) is 0 Å². The van der Waals surface area contributed by atoms with Gasteiger partial charge in [-0.1, -0.05) is 23.2 Å². The van der Waals surface area contributed by atoms with Crippen molar-refractivity contribution in [3.63, 3.8) is 0 Å². The monoisotopic (exact) mass is 490 g/mol. The Morgan fingerprint density at radius 1 is 1.29 bits per heavy atom. The quantitative estimate of drug-likeness (QED) is 0.435. The van der Waals surface area contributed by atoms with Crippen molar-refractivity contribution in [3.8, 4) is 5.75 Å². The third-order valence-corrected chi connectivity index (χ3v) is 5.56. The van der Waals surface area contributed by atoms with Crippen LogP contribution in [0.2, 0.25) is 10.0 Å². The maximum Gasteiger partial charge on any atom is 0.490 e. The van der Waals surface area contributed by atoms with E-state index in [9.17, 15) is 28.2 Å². The van der Waals surface area contributed by atoms with Gasteiger partial charge in [-0.05, 0) is 31.7 Å². The summed E-state index contributed by atoms with van der Waals surface area (Å²) in [6.07, 6.45) is -5.24. The number of carboxylic acid groups (broad SMARTS) is 1. The predicted molar refractivity (Wildman–Crippen MR) is 106 cm³/mol. The average molecular weight is 491 g/mol. The van der Waals surface area contributed by atoms with Gasteiger partial charge in [0.05, 0.1) is 16.7 Å². The first-order valence-corrected chi connectivity index (χ1v) is 9.79. The number of carboxylic acids is 1. The molecule has 1 saturated heterocycles. The molecule has 31 heavy (non-hydrogen) atoms. The minimum atomic E-state index is -5.08. The Labute approximate surface area is 186 Å². The van der Waals surface area contributed by atoms with Crippen molar-refractivity contribution in [2.45, 2.75) is 44.1 Å². The summed E-state index contributed by atoms with van der Waals surface area (Å²) in [5.74, 6) is -3.20. The number of alkyl halides is 3. The lowest BCUT2D eigenvalue weighted by Gasteiger charge is -2.40. The van der Waals surface area contributed by atoms with Gasteiger partial charge in [-0.25, -0.2) is 4.79 Å². The SMILES string of the molecule is C[C@@H]1C[C@@H]([C@@H](N)c2cc(Cl)c(Cl)cc2O)CCN1C(=O)[C@H](O)CO.O=C(O)C(F)(F)F. The fraction of sp³-hybridized carbons (Fsp3) is 0.556. The fourth-order valence-corrected chi connectivity index (χ4v) is 3.53. The molecule has 6 N–H and O–H groups in total. The Balaban J connectivity index is 0.000000592. The predicted octanol–water partition coefficient (Wildman–Crippen LogP) is 2.31. The Morgan fingerprint density at radius 3 is 2.26 bits per heavy atom. The highest BCUT2D eigenvalue weighted by Crippen LogP contribution is 2.38. The van der Waals surface area contributed by atoms with E-state index in [0.717, 1.165) is 0 Å². The number of carbonyl (C=O) groups is 2. The van der Waals surface area contributed by atoms with Crippen molar-refractivity contribution in [1.82, 2.24) is 4.90 Å². The molecule has 1 amide bonds. The molecular formula is C18H23Cl2F3N2O6. The number of amides is 1. The lowest BCUT2D eigenvalue weighted by Crippen LogP contribution is -2.50. The first kappa shape index (κ1) is 27.2. The van der Waals surface area contributed by atoms with Gasteiger partial charge >= 0.3 is 12.1 Å². The number of halogens is 5. The van der Waals surface area contributed by atoms with Crippen LogP contribution < -0.4 is 5.73 Å². The van der Waals surface area contributed by atoms with Crippen molar-refractivity contribution in [3.05, 3.63) is 27.7 Å². The molecule has 0 bridgehead atoms. The molecule has 0 radical (unpaired) electrons. The van der Waals surface area contributed by atoms with E-state index in [0.29, 0.717) is 30.0 Å². The summed E-state index contributed by atoms with van der Waals surface area (Å²) in [4.78, 5) is 22.5. The normalized spacial score (nSPS) is 21.0. The number of carbonyl (C=O) groups excluding carboxylic acids is 1. The number of phenols is 1. The Kier molecular flexibility index (Phi) is 9.83. The Hall–Kier alpha value is -1.79. The number of piperidine rings is 1. The first-order valence-electron chi connectivity index (χ1n) is 9.03. The van der Waals surface area contributed by atoms with Gasteiger partial charge in [0, 0.05) is 30.3 Å². The summed E-state index contributed by atoms with van der Waals surface area (Å²) in [5, 5.41) is 36.2. The van der Waals surface area contributed by atoms with E-state index in [-0.39, 0.29) is 22.7 Å². The van der Waals surface area contributed by atoms with Crippen LogP contribution in [0.1, 0.15) is 31.4 Å². The molecule has 0 unspecified atom stereocenters. The minimum Gasteiger partial charge on any atom is -0.508 e. The second-order valence-corrected chi connectivity index (χ2v) is 7.83. The van der Waals surface area contributed by atoms with Crippen LogP contribution in [-0.4, -0.2) is 68.7 Å². The fourth-order valence-electron chi connectivity index (χ4n) is 3.20. The number of aliphatic hydroxyl groups excluding tert-OH is 2. The Morgan fingerprint density at radius 2 is 1.81 bits per heavy atom. The molecule has 1 aliphatic heterocycles. The van der Waals surface area contributed by atoms with Crippen LogP contribution in [0.15, 0.2) is 12.1 Å². The number of hydrogen-bond donors (Lipinski definition) is 5. The largest absolute Gasteiger partial charge is 0.508 e. The van der Waals surface area contributed by atoms with Gasteiger partial charge in [-0.3, -0.25) is 4.79 Å². The summed E-state index contributed by atoms with van der Waals surface area (Å²) in [6, 6.07) is 2.37. The second-order valence-electron chi connectivity index (χ2n) is 7.02. The third-order valence-electron chi connectivity index (χ3n) is 4.84. The van der Waals surface area contributed by atoms with Crippen LogP contribution >= 0.6 is 23.2 Å². The highest BCUT2D eigenvalue weighted by molar-refractivity contribution is 6.42. The number of likely N-dealkylation sites (tertiary alicyclic amines) is 1. The van der Waals surface area contributed by atoms with E-state index in [1.165, 1.54) is 6.07 Å². The lowest BCUT2D eigenvalue weighted by molar-refractivity contribution is -0.192. The summed E-state index contributed by atoms with van der Waals surface area (Å²) in [7, 11) is 0. The molecule has 8 nitrogen and oxygen atoms in total. The molecule has 176 valence electrons. The van der Waals surface area contributed by atoms with Crippen molar-refractivity contribution >= 4 is 35.1 Å². The molecule has 0 aromatic heterocycles. The standard InChI is InChI=1S/C16H22Cl2N2O4.C2HF3O2/c1-8-4-9(2-3-20(8)16(24)14(23)7-21)15(19)10-5-11(17)12(18)6-13(10)22;3-2(4,5)1(6)7/h5-6,8-9,14-15,21-23H,2-4,7,19H2,1H3;(H,6,7)/t8-,9+,14-,15-;/m1./s1. The number of nitrogens with two attached hydrogens (primary N) is 1. The Bertz CT molecular complexity index is 796. The molecule has 1 aromatic rings. The van der Waals surface area contributed by atoms with Crippen LogP contribution in [0.3, 0.4) is 0 Å². The summed E-state index contributed by atoms with van der Waals surface area (Å²) in [5.41, 5.74) is 6.83. The van der Waals surface area contributed by atoms with Crippen LogP contribution in [-0.2, 0) is 9.59 Å². The van der Waals surface area contributed by atoms with Crippen LogP contribution in [0.25, 0.3) is 0 Å². The lowest BCUT2D eigenvalue weighted by atomic mass is 9.82. The maximum absolute atomic E-state index is 12.0.